The van der Waals surface area contributed by atoms with Crippen LogP contribution in [0.4, 0.5) is 0 Å². The molecule has 3 nitrogen and oxygen atoms in total. The van der Waals surface area contributed by atoms with Gasteiger partial charge in [0.15, 0.2) is 0 Å². The minimum Gasteiger partial charge on any atom is -0.480 e. The third-order valence-electron chi connectivity index (χ3n) is 3.06. The molecule has 0 aromatic heterocycles. The quantitative estimate of drug-likeness (QED) is 0.795. The molecule has 2 rings (SSSR count). The third kappa shape index (κ3) is 2.83. The van der Waals surface area contributed by atoms with Crippen LogP contribution in [0.2, 0.25) is 0 Å². The molecule has 1 aromatic rings. The maximum Gasteiger partial charge on any atom is 0.320 e. The lowest BCUT2D eigenvalue weighted by Crippen LogP contribution is -2.30. The van der Waals surface area contributed by atoms with Gasteiger partial charge in [-0.2, -0.15) is 0 Å². The summed E-state index contributed by atoms with van der Waals surface area (Å²) < 4.78 is 0. The molecule has 1 aliphatic carbocycles. The van der Waals surface area contributed by atoms with E-state index in [1.165, 1.54) is 24.0 Å². The summed E-state index contributed by atoms with van der Waals surface area (Å²) in [5.41, 5.74) is 8.06. The average Bonchev–Trinajstić information content (AvgIpc) is 3.10. The van der Waals surface area contributed by atoms with Crippen LogP contribution < -0.4 is 5.73 Å². The molecule has 86 valence electrons. The Labute approximate surface area is 95.3 Å². The van der Waals surface area contributed by atoms with Crippen molar-refractivity contribution in [2.45, 2.75) is 37.6 Å². The zero-order valence-electron chi connectivity index (χ0n) is 9.23. The molecule has 0 heterocycles. The molecule has 0 spiro atoms. The van der Waals surface area contributed by atoms with Gasteiger partial charge in [-0.25, -0.2) is 0 Å². The largest absolute Gasteiger partial charge is 0.480 e. The predicted octanol–water partition coefficient (Wildman–Crippen LogP) is 1.91. The average molecular weight is 219 g/mol. The van der Waals surface area contributed by atoms with Crippen molar-refractivity contribution in [2.75, 3.05) is 0 Å². The summed E-state index contributed by atoms with van der Waals surface area (Å²) in [4.78, 5) is 10.6. The number of aliphatic carboxylic acids is 1. The van der Waals surface area contributed by atoms with Gasteiger partial charge in [0.2, 0.25) is 0 Å². The number of carboxylic acid groups (broad SMARTS) is 1. The topological polar surface area (TPSA) is 63.3 Å². The molecule has 1 atom stereocenters. The van der Waals surface area contributed by atoms with Crippen molar-refractivity contribution in [3.8, 4) is 0 Å². The van der Waals surface area contributed by atoms with Gasteiger partial charge in [-0.1, -0.05) is 24.3 Å². The Hall–Kier alpha value is -1.35. The van der Waals surface area contributed by atoms with Gasteiger partial charge in [0.25, 0.3) is 0 Å². The Morgan fingerprint density at radius 2 is 2.25 bits per heavy atom. The van der Waals surface area contributed by atoms with E-state index in [2.05, 4.69) is 18.2 Å². The number of rotatable bonds is 5. The van der Waals surface area contributed by atoms with Crippen LogP contribution in [0.1, 0.15) is 36.3 Å². The molecule has 1 unspecified atom stereocenters. The minimum absolute atomic E-state index is 0.503. The van der Waals surface area contributed by atoms with E-state index in [9.17, 15) is 4.79 Å². The molecule has 3 N–H and O–H groups in total. The van der Waals surface area contributed by atoms with Gasteiger partial charge in [-0.3, -0.25) is 4.79 Å². The van der Waals surface area contributed by atoms with Crippen LogP contribution in [0.3, 0.4) is 0 Å². The lowest BCUT2D eigenvalue weighted by atomic mass is 10.0. The van der Waals surface area contributed by atoms with E-state index in [-0.39, 0.29) is 0 Å². The number of nitrogens with two attached hydrogens (primary N) is 1. The molecule has 0 bridgehead atoms. The van der Waals surface area contributed by atoms with Crippen LogP contribution in [0.5, 0.6) is 0 Å². The second-order valence-electron chi connectivity index (χ2n) is 4.50. The summed E-state index contributed by atoms with van der Waals surface area (Å²) in [7, 11) is 0. The fourth-order valence-corrected chi connectivity index (χ4v) is 1.86. The molecular formula is C13H17NO2. The molecule has 0 amide bonds. The molecule has 1 aromatic carbocycles. The number of hydrogen-bond donors (Lipinski definition) is 2. The number of aryl methyl sites for hydroxylation is 1. The minimum atomic E-state index is -0.918. The molecule has 0 saturated heterocycles. The SMILES string of the molecule is NC(CCc1cccc(C2CC2)c1)C(=O)O. The first-order valence-electron chi connectivity index (χ1n) is 5.74. The maximum absolute atomic E-state index is 10.6. The van der Waals surface area contributed by atoms with E-state index >= 15 is 0 Å². The Kier molecular flexibility index (Phi) is 3.25. The first-order valence-corrected chi connectivity index (χ1v) is 5.74. The predicted molar refractivity (Wildman–Crippen MR) is 62.3 cm³/mol. The summed E-state index contributed by atoms with van der Waals surface area (Å²) in [5.74, 6) is -0.175. The van der Waals surface area contributed by atoms with Crippen LogP contribution in [0.25, 0.3) is 0 Å². The Morgan fingerprint density at radius 3 is 2.88 bits per heavy atom. The van der Waals surface area contributed by atoms with Gasteiger partial charge in [0, 0.05) is 0 Å². The second kappa shape index (κ2) is 4.66. The molecule has 1 aliphatic rings. The van der Waals surface area contributed by atoms with Gasteiger partial charge < -0.3 is 10.8 Å². The van der Waals surface area contributed by atoms with Gasteiger partial charge >= 0.3 is 5.97 Å². The highest BCUT2D eigenvalue weighted by Crippen LogP contribution is 2.40. The summed E-state index contributed by atoms with van der Waals surface area (Å²) in [6.45, 7) is 0. The van der Waals surface area contributed by atoms with Crippen LogP contribution >= 0.6 is 0 Å². The van der Waals surface area contributed by atoms with Crippen molar-refractivity contribution < 1.29 is 9.90 Å². The number of benzene rings is 1. The highest BCUT2D eigenvalue weighted by Gasteiger charge is 2.23. The van der Waals surface area contributed by atoms with E-state index in [4.69, 9.17) is 10.8 Å². The van der Waals surface area contributed by atoms with E-state index in [1.54, 1.807) is 0 Å². The molecule has 3 heteroatoms. The molecule has 16 heavy (non-hydrogen) atoms. The Bertz CT molecular complexity index is 385. The zero-order valence-corrected chi connectivity index (χ0v) is 9.23. The van der Waals surface area contributed by atoms with Crippen LogP contribution in [0.15, 0.2) is 24.3 Å². The lowest BCUT2D eigenvalue weighted by Gasteiger charge is -2.07. The fourth-order valence-electron chi connectivity index (χ4n) is 1.86. The summed E-state index contributed by atoms with van der Waals surface area (Å²) in [6, 6.07) is 7.69. The molecule has 1 saturated carbocycles. The first kappa shape index (κ1) is 11.1. The van der Waals surface area contributed by atoms with E-state index < -0.39 is 12.0 Å². The zero-order chi connectivity index (χ0) is 11.5. The second-order valence-corrected chi connectivity index (χ2v) is 4.50. The number of hydrogen-bond acceptors (Lipinski definition) is 2. The summed E-state index contributed by atoms with van der Waals surface area (Å²) in [5, 5.41) is 8.69. The van der Waals surface area contributed by atoms with Crippen LogP contribution in [-0.2, 0) is 11.2 Å². The van der Waals surface area contributed by atoms with Crippen molar-refractivity contribution in [1.29, 1.82) is 0 Å². The maximum atomic E-state index is 10.6. The smallest absolute Gasteiger partial charge is 0.320 e. The summed E-state index contributed by atoms with van der Waals surface area (Å²) in [6.07, 6.45) is 3.83. The van der Waals surface area contributed by atoms with Gasteiger partial charge in [0.1, 0.15) is 6.04 Å². The van der Waals surface area contributed by atoms with Gasteiger partial charge in [-0.15, -0.1) is 0 Å². The van der Waals surface area contributed by atoms with Crippen molar-refractivity contribution in [3.63, 3.8) is 0 Å². The highest BCUT2D eigenvalue weighted by molar-refractivity contribution is 5.73. The van der Waals surface area contributed by atoms with Crippen LogP contribution in [-0.4, -0.2) is 17.1 Å². The number of carbonyl (C=O) groups is 1. The van der Waals surface area contributed by atoms with Gasteiger partial charge in [-0.05, 0) is 42.7 Å². The number of carboxylic acids is 1. The highest BCUT2D eigenvalue weighted by atomic mass is 16.4. The van der Waals surface area contributed by atoms with E-state index in [0.717, 1.165) is 12.3 Å². The van der Waals surface area contributed by atoms with Crippen molar-refractivity contribution in [1.82, 2.24) is 0 Å². The Balaban J connectivity index is 1.93. The Morgan fingerprint density at radius 1 is 1.50 bits per heavy atom. The molecule has 0 aliphatic heterocycles. The van der Waals surface area contributed by atoms with Crippen molar-refractivity contribution >= 4 is 5.97 Å². The monoisotopic (exact) mass is 219 g/mol. The standard InChI is InChI=1S/C13H17NO2/c14-12(13(15)16)7-4-9-2-1-3-11(8-9)10-5-6-10/h1-3,8,10,12H,4-7,14H2,(H,15,16). The molecular weight excluding hydrogens is 202 g/mol. The normalized spacial score (nSPS) is 17.1. The third-order valence-corrected chi connectivity index (χ3v) is 3.06. The van der Waals surface area contributed by atoms with E-state index in [0.29, 0.717) is 6.42 Å². The lowest BCUT2D eigenvalue weighted by molar-refractivity contribution is -0.138. The summed E-state index contributed by atoms with van der Waals surface area (Å²) >= 11 is 0. The first-order chi connectivity index (χ1) is 7.66. The molecule has 0 radical (unpaired) electrons. The van der Waals surface area contributed by atoms with Gasteiger partial charge in [0.05, 0.1) is 0 Å². The van der Waals surface area contributed by atoms with Crippen LogP contribution in [0, 0.1) is 0 Å². The van der Waals surface area contributed by atoms with Crippen molar-refractivity contribution in [3.05, 3.63) is 35.4 Å². The van der Waals surface area contributed by atoms with Crippen molar-refractivity contribution in [2.24, 2.45) is 5.73 Å². The molecule has 1 fully saturated rings. The van der Waals surface area contributed by atoms with E-state index in [1.807, 2.05) is 6.07 Å². The fraction of sp³-hybridized carbons (Fsp3) is 0.462.